The zero-order chi connectivity index (χ0) is 19.1. The van der Waals surface area contributed by atoms with Gasteiger partial charge in [-0.25, -0.2) is 0 Å². The number of benzene rings is 1. The first-order valence-corrected chi connectivity index (χ1v) is 10.0. The summed E-state index contributed by atoms with van der Waals surface area (Å²) in [6.45, 7) is 6.91. The maximum Gasteiger partial charge on any atom is 0.163 e. The zero-order valence-corrected chi connectivity index (χ0v) is 17.0. The van der Waals surface area contributed by atoms with Crippen LogP contribution in [0.4, 0.5) is 0 Å². The molecule has 0 amide bonds. The molecule has 0 saturated carbocycles. The van der Waals surface area contributed by atoms with Gasteiger partial charge in [0.2, 0.25) is 0 Å². The third-order valence-electron chi connectivity index (χ3n) is 4.92. The molecule has 0 radical (unpaired) electrons. The van der Waals surface area contributed by atoms with E-state index >= 15 is 0 Å². The summed E-state index contributed by atoms with van der Waals surface area (Å²) in [6.07, 6.45) is 0.735. The number of fused-ring (bicyclic) bond motifs is 3. The first-order valence-electron chi connectivity index (χ1n) is 8.81. The van der Waals surface area contributed by atoms with Gasteiger partial charge in [0, 0.05) is 27.6 Å². The van der Waals surface area contributed by atoms with Crippen molar-refractivity contribution in [3.8, 4) is 5.00 Å². The Labute approximate surface area is 167 Å². The molecule has 0 bridgehead atoms. The van der Waals surface area contributed by atoms with Crippen molar-refractivity contribution < 1.29 is 0 Å². The monoisotopic (exact) mass is 400 g/mol. The van der Waals surface area contributed by atoms with Crippen LogP contribution in [0.1, 0.15) is 45.7 Å². The highest BCUT2D eigenvalue weighted by atomic mass is 35.5. The summed E-state index contributed by atoms with van der Waals surface area (Å²) in [5.74, 6) is 7.25. The second-order valence-corrected chi connectivity index (χ2v) is 8.29. The molecule has 3 heterocycles. The minimum atomic E-state index is -0.132. The molecule has 27 heavy (non-hydrogen) atoms. The Kier molecular flexibility index (Phi) is 4.86. The Hall–Kier alpha value is -2.06. The number of aromatic nitrogens is 3. The SMILES string of the molecule is Cc1sc2c(c1C)C(c1ccc(Cl)cc1)=N[C@@H](CCNN)c1nnc(C)n1-2. The predicted molar refractivity (Wildman–Crippen MR) is 110 cm³/mol. The molecular formula is C19H21ClN6S. The number of thiophene rings is 1. The summed E-state index contributed by atoms with van der Waals surface area (Å²) in [5, 5.41) is 10.6. The number of halogens is 1. The lowest BCUT2D eigenvalue weighted by Gasteiger charge is -2.12. The number of nitrogens with one attached hydrogen (secondary N) is 1. The maximum absolute atomic E-state index is 6.11. The molecule has 1 atom stereocenters. The van der Waals surface area contributed by atoms with Crippen LogP contribution in [0.2, 0.25) is 5.02 Å². The number of aryl methyl sites for hydroxylation is 2. The quantitative estimate of drug-likeness (QED) is 0.517. The molecule has 1 aromatic carbocycles. The lowest BCUT2D eigenvalue weighted by molar-refractivity contribution is 0.567. The highest BCUT2D eigenvalue weighted by Gasteiger charge is 2.30. The van der Waals surface area contributed by atoms with Gasteiger partial charge in [-0.1, -0.05) is 23.7 Å². The molecule has 3 aromatic rings. The molecule has 8 heteroatoms. The van der Waals surface area contributed by atoms with Crippen LogP contribution in [0.5, 0.6) is 0 Å². The Morgan fingerprint density at radius 3 is 2.63 bits per heavy atom. The lowest BCUT2D eigenvalue weighted by atomic mass is 9.99. The normalized spacial score (nSPS) is 15.9. The molecular weight excluding hydrogens is 380 g/mol. The van der Waals surface area contributed by atoms with Gasteiger partial charge >= 0.3 is 0 Å². The van der Waals surface area contributed by atoms with Crippen LogP contribution in [-0.4, -0.2) is 27.0 Å². The van der Waals surface area contributed by atoms with Gasteiger partial charge in [0.15, 0.2) is 5.82 Å². The molecule has 1 aliphatic heterocycles. The van der Waals surface area contributed by atoms with E-state index in [0.717, 1.165) is 39.9 Å². The summed E-state index contributed by atoms with van der Waals surface area (Å²) in [5.41, 5.74) is 7.12. The molecule has 3 N–H and O–H groups in total. The van der Waals surface area contributed by atoms with Gasteiger partial charge in [0.1, 0.15) is 16.9 Å². The van der Waals surface area contributed by atoms with E-state index in [1.807, 2.05) is 31.2 Å². The van der Waals surface area contributed by atoms with E-state index in [1.54, 1.807) is 11.3 Å². The van der Waals surface area contributed by atoms with Crippen molar-refractivity contribution in [3.63, 3.8) is 0 Å². The standard InChI is InChI=1S/C19H21ClN6S/c1-10-11(2)27-19-16(10)17(13-4-6-14(20)7-5-13)23-15(8-9-22-21)18-25-24-12(3)26(18)19/h4-7,15,22H,8-9,21H2,1-3H3/t15-/m0/s1. The van der Waals surface area contributed by atoms with Crippen LogP contribution in [0, 0.1) is 20.8 Å². The zero-order valence-electron chi connectivity index (χ0n) is 15.5. The van der Waals surface area contributed by atoms with Crippen molar-refractivity contribution >= 4 is 28.6 Å². The van der Waals surface area contributed by atoms with Crippen LogP contribution in [0.15, 0.2) is 29.3 Å². The number of rotatable bonds is 4. The minimum Gasteiger partial charge on any atom is -0.272 e. The number of hydrogen-bond acceptors (Lipinski definition) is 6. The van der Waals surface area contributed by atoms with Crippen LogP contribution >= 0.6 is 22.9 Å². The van der Waals surface area contributed by atoms with Gasteiger partial charge in [-0.15, -0.1) is 21.5 Å². The second-order valence-electron chi connectivity index (χ2n) is 6.65. The fourth-order valence-electron chi connectivity index (χ4n) is 3.41. The number of nitrogens with two attached hydrogens (primary N) is 1. The van der Waals surface area contributed by atoms with E-state index in [4.69, 9.17) is 22.4 Å². The second kappa shape index (κ2) is 7.16. The molecule has 0 spiro atoms. The highest BCUT2D eigenvalue weighted by Crippen LogP contribution is 2.39. The molecule has 4 rings (SSSR count). The largest absolute Gasteiger partial charge is 0.272 e. The molecule has 2 aromatic heterocycles. The van der Waals surface area contributed by atoms with Gasteiger partial charge in [-0.05, 0) is 44.9 Å². The Morgan fingerprint density at radius 2 is 1.93 bits per heavy atom. The van der Waals surface area contributed by atoms with E-state index in [-0.39, 0.29) is 6.04 Å². The molecule has 6 nitrogen and oxygen atoms in total. The average molecular weight is 401 g/mol. The fourth-order valence-corrected chi connectivity index (χ4v) is 4.75. The summed E-state index contributed by atoms with van der Waals surface area (Å²) in [4.78, 5) is 6.41. The number of hydrazine groups is 1. The van der Waals surface area contributed by atoms with Crippen molar-refractivity contribution in [2.75, 3.05) is 6.54 Å². The predicted octanol–water partition coefficient (Wildman–Crippen LogP) is 3.65. The first-order chi connectivity index (χ1) is 13.0. The van der Waals surface area contributed by atoms with E-state index in [1.165, 1.54) is 10.4 Å². The topological polar surface area (TPSA) is 81.1 Å². The highest BCUT2D eigenvalue weighted by molar-refractivity contribution is 7.15. The van der Waals surface area contributed by atoms with Gasteiger partial charge in [0.05, 0.1) is 5.71 Å². The van der Waals surface area contributed by atoms with E-state index in [0.29, 0.717) is 11.6 Å². The van der Waals surface area contributed by atoms with Crippen LogP contribution in [0.25, 0.3) is 5.00 Å². The van der Waals surface area contributed by atoms with Gasteiger partial charge in [-0.2, -0.15) is 0 Å². The molecule has 1 aliphatic rings. The van der Waals surface area contributed by atoms with Crippen LogP contribution in [0.3, 0.4) is 0 Å². The van der Waals surface area contributed by atoms with Crippen molar-refractivity contribution in [2.45, 2.75) is 33.2 Å². The summed E-state index contributed by atoms with van der Waals surface area (Å²) in [6, 6.07) is 7.72. The van der Waals surface area contributed by atoms with E-state index in [2.05, 4.69) is 34.0 Å². The number of aliphatic imine (C=N–C) groups is 1. The minimum absolute atomic E-state index is 0.132. The summed E-state index contributed by atoms with van der Waals surface area (Å²) in [7, 11) is 0. The third-order valence-corrected chi connectivity index (χ3v) is 6.36. The van der Waals surface area contributed by atoms with Crippen LogP contribution in [-0.2, 0) is 0 Å². The van der Waals surface area contributed by atoms with E-state index in [9.17, 15) is 0 Å². The smallest absolute Gasteiger partial charge is 0.163 e. The molecule has 0 unspecified atom stereocenters. The van der Waals surface area contributed by atoms with Crippen molar-refractivity contribution in [3.05, 3.63) is 62.5 Å². The third kappa shape index (κ3) is 3.10. The molecule has 0 fully saturated rings. The Bertz CT molecular complexity index is 1020. The molecule has 140 valence electrons. The van der Waals surface area contributed by atoms with E-state index < -0.39 is 0 Å². The molecule has 0 aliphatic carbocycles. The van der Waals surface area contributed by atoms with Gasteiger partial charge in [-0.3, -0.25) is 20.8 Å². The Morgan fingerprint density at radius 1 is 1.19 bits per heavy atom. The van der Waals surface area contributed by atoms with Crippen LogP contribution < -0.4 is 11.3 Å². The van der Waals surface area contributed by atoms with Crippen molar-refractivity contribution in [1.29, 1.82) is 0 Å². The average Bonchev–Trinajstić information content (AvgIpc) is 3.12. The number of hydrogen-bond donors (Lipinski definition) is 2. The first kappa shape index (κ1) is 18.3. The number of nitrogens with zero attached hydrogens (tertiary/aromatic N) is 4. The van der Waals surface area contributed by atoms with Gasteiger partial charge < -0.3 is 0 Å². The maximum atomic E-state index is 6.11. The lowest BCUT2D eigenvalue weighted by Crippen LogP contribution is -2.24. The Balaban J connectivity index is 1.99. The summed E-state index contributed by atoms with van der Waals surface area (Å²) >= 11 is 7.86. The summed E-state index contributed by atoms with van der Waals surface area (Å²) < 4.78 is 2.15. The molecule has 0 saturated heterocycles. The fraction of sp³-hybridized carbons (Fsp3) is 0.316. The van der Waals surface area contributed by atoms with Gasteiger partial charge in [0.25, 0.3) is 0 Å². The van der Waals surface area contributed by atoms with Crippen molar-refractivity contribution in [2.24, 2.45) is 10.8 Å². The van der Waals surface area contributed by atoms with Crippen molar-refractivity contribution in [1.82, 2.24) is 20.2 Å².